The van der Waals surface area contributed by atoms with Crippen LogP contribution >= 0.6 is 0 Å². The molecule has 4 rings (SSSR count). The molecular formula is C33H42N6O3. The predicted octanol–water partition coefficient (Wildman–Crippen LogP) is 6.75. The van der Waals surface area contributed by atoms with E-state index in [0.717, 1.165) is 46.1 Å². The van der Waals surface area contributed by atoms with E-state index in [-0.39, 0.29) is 11.9 Å². The highest BCUT2D eigenvalue weighted by Crippen LogP contribution is 2.33. The van der Waals surface area contributed by atoms with Crippen molar-refractivity contribution in [1.29, 1.82) is 0 Å². The molecule has 2 heterocycles. The molecule has 4 aromatic rings. The Morgan fingerprint density at radius 1 is 0.952 bits per heavy atom. The molecule has 0 atom stereocenters. The van der Waals surface area contributed by atoms with E-state index in [1.807, 2.05) is 88.0 Å². The standard InChI is InChI=1S/C33H42N6O3/c1-7-10-15-29(40)39(22-33(8-2,9-3)31(41)42-32(4,5)6)21-23-16-18-27-24(20-23)17-19-28(34-27)25-13-11-12-14-26(25)30-35-37-38-36-30/h11-14,16-20H,7-10,15,21-22H2,1-6H3,(H,35,36,37,38). The lowest BCUT2D eigenvalue weighted by Crippen LogP contribution is -2.47. The van der Waals surface area contributed by atoms with E-state index in [0.29, 0.717) is 38.2 Å². The van der Waals surface area contributed by atoms with Gasteiger partial charge in [-0.2, -0.15) is 0 Å². The Kier molecular flexibility index (Phi) is 9.70. The molecule has 0 unspecified atom stereocenters. The van der Waals surface area contributed by atoms with Crippen LogP contribution < -0.4 is 0 Å². The van der Waals surface area contributed by atoms with Crippen LogP contribution in [-0.2, 0) is 20.9 Å². The number of benzene rings is 2. The van der Waals surface area contributed by atoms with Crippen molar-refractivity contribution in [3.8, 4) is 22.6 Å². The number of tetrazole rings is 1. The van der Waals surface area contributed by atoms with Gasteiger partial charge >= 0.3 is 5.97 Å². The molecule has 0 bridgehead atoms. The SMILES string of the molecule is CCCCC(=O)N(Cc1ccc2nc(-c3ccccc3-c3nnn[nH]3)ccc2c1)CC(CC)(CC)C(=O)OC(C)(C)C. The third-order valence-corrected chi connectivity index (χ3v) is 7.71. The second kappa shape index (κ2) is 13.2. The number of carbonyl (C=O) groups excluding carboxylic acids is 2. The van der Waals surface area contributed by atoms with E-state index in [1.165, 1.54) is 0 Å². The number of amides is 1. The number of ether oxygens (including phenoxy) is 1. The van der Waals surface area contributed by atoms with E-state index in [2.05, 4.69) is 33.6 Å². The van der Waals surface area contributed by atoms with Crippen LogP contribution in [0.2, 0.25) is 0 Å². The third kappa shape index (κ3) is 7.19. The van der Waals surface area contributed by atoms with E-state index < -0.39 is 11.0 Å². The summed E-state index contributed by atoms with van der Waals surface area (Å²) in [5.41, 5.74) is 3.07. The largest absolute Gasteiger partial charge is 0.459 e. The molecule has 9 nitrogen and oxygen atoms in total. The van der Waals surface area contributed by atoms with Gasteiger partial charge in [-0.1, -0.05) is 63.6 Å². The summed E-state index contributed by atoms with van der Waals surface area (Å²) in [6.45, 7) is 12.4. The summed E-state index contributed by atoms with van der Waals surface area (Å²) in [5.74, 6) is 0.390. The van der Waals surface area contributed by atoms with E-state index >= 15 is 0 Å². The van der Waals surface area contributed by atoms with Crippen molar-refractivity contribution < 1.29 is 14.3 Å². The second-order valence-corrected chi connectivity index (χ2v) is 11.9. The number of rotatable bonds is 12. The molecule has 2 aromatic heterocycles. The van der Waals surface area contributed by atoms with Crippen molar-refractivity contribution in [3.05, 3.63) is 60.2 Å². The molecule has 42 heavy (non-hydrogen) atoms. The fraction of sp³-hybridized carbons (Fsp3) is 0.455. The number of unbranched alkanes of at least 4 members (excludes halogenated alkanes) is 1. The van der Waals surface area contributed by atoms with Crippen LogP contribution in [0.25, 0.3) is 33.5 Å². The number of aromatic amines is 1. The zero-order valence-corrected chi connectivity index (χ0v) is 25.6. The van der Waals surface area contributed by atoms with Crippen molar-refractivity contribution >= 4 is 22.8 Å². The normalized spacial score (nSPS) is 12.0. The molecule has 0 aliphatic rings. The first-order valence-corrected chi connectivity index (χ1v) is 14.8. The van der Waals surface area contributed by atoms with Crippen molar-refractivity contribution in [2.75, 3.05) is 6.54 Å². The van der Waals surface area contributed by atoms with Crippen molar-refractivity contribution in [1.82, 2.24) is 30.5 Å². The molecule has 0 saturated carbocycles. The Bertz CT molecular complexity index is 1510. The first kappa shape index (κ1) is 30.8. The highest BCUT2D eigenvalue weighted by Gasteiger charge is 2.41. The third-order valence-electron chi connectivity index (χ3n) is 7.71. The molecule has 9 heteroatoms. The Morgan fingerprint density at radius 3 is 2.33 bits per heavy atom. The maximum absolute atomic E-state index is 13.5. The number of carbonyl (C=O) groups is 2. The number of H-pyrrole nitrogens is 1. The summed E-state index contributed by atoms with van der Waals surface area (Å²) in [6, 6.07) is 18.0. The smallest absolute Gasteiger partial charge is 0.314 e. The number of hydrogen-bond donors (Lipinski definition) is 1. The average Bonchev–Trinajstić information content (AvgIpc) is 3.52. The lowest BCUT2D eigenvalue weighted by Gasteiger charge is -2.37. The molecule has 1 N–H and O–H groups in total. The molecule has 0 aliphatic carbocycles. The maximum Gasteiger partial charge on any atom is 0.314 e. The van der Waals surface area contributed by atoms with Gasteiger partial charge in [0, 0.05) is 36.0 Å². The van der Waals surface area contributed by atoms with Gasteiger partial charge in [-0.25, -0.2) is 10.1 Å². The highest BCUT2D eigenvalue weighted by atomic mass is 16.6. The lowest BCUT2D eigenvalue weighted by molar-refractivity contribution is -0.170. The lowest BCUT2D eigenvalue weighted by atomic mass is 9.81. The van der Waals surface area contributed by atoms with Crippen LogP contribution in [0, 0.1) is 5.41 Å². The van der Waals surface area contributed by atoms with Gasteiger partial charge in [0.2, 0.25) is 5.91 Å². The van der Waals surface area contributed by atoms with Gasteiger partial charge in [-0.05, 0) is 74.2 Å². The van der Waals surface area contributed by atoms with Gasteiger partial charge in [0.25, 0.3) is 0 Å². The van der Waals surface area contributed by atoms with Crippen LogP contribution in [0.5, 0.6) is 0 Å². The second-order valence-electron chi connectivity index (χ2n) is 11.9. The number of nitrogens with zero attached hydrogens (tertiary/aromatic N) is 5. The number of nitrogens with one attached hydrogen (secondary N) is 1. The van der Waals surface area contributed by atoms with E-state index in [4.69, 9.17) is 9.72 Å². The molecule has 1 amide bonds. The summed E-state index contributed by atoms with van der Waals surface area (Å²) in [6.07, 6.45) is 3.37. The maximum atomic E-state index is 13.5. The first-order valence-electron chi connectivity index (χ1n) is 14.8. The van der Waals surface area contributed by atoms with Crippen LogP contribution in [0.4, 0.5) is 0 Å². The van der Waals surface area contributed by atoms with Crippen LogP contribution in [0.3, 0.4) is 0 Å². The zero-order valence-electron chi connectivity index (χ0n) is 25.6. The van der Waals surface area contributed by atoms with Crippen molar-refractivity contribution in [2.45, 2.75) is 85.8 Å². The number of aromatic nitrogens is 5. The Balaban J connectivity index is 1.63. The van der Waals surface area contributed by atoms with Gasteiger partial charge in [0.1, 0.15) is 5.60 Å². The predicted molar refractivity (Wildman–Crippen MR) is 164 cm³/mol. The van der Waals surface area contributed by atoms with Crippen molar-refractivity contribution in [2.24, 2.45) is 5.41 Å². The number of esters is 1. The molecule has 0 spiro atoms. The van der Waals surface area contributed by atoms with Gasteiger partial charge in [-0.3, -0.25) is 9.59 Å². The minimum atomic E-state index is -0.769. The first-order chi connectivity index (χ1) is 20.1. The monoisotopic (exact) mass is 570 g/mol. The van der Waals surface area contributed by atoms with Crippen LogP contribution in [0.1, 0.15) is 79.2 Å². The Labute approximate surface area is 248 Å². The van der Waals surface area contributed by atoms with Crippen LogP contribution in [0.15, 0.2) is 54.6 Å². The fourth-order valence-electron chi connectivity index (χ4n) is 5.13. The number of fused-ring (bicyclic) bond motifs is 1. The molecule has 0 saturated heterocycles. The quantitative estimate of drug-likeness (QED) is 0.187. The summed E-state index contributed by atoms with van der Waals surface area (Å²) in [5, 5.41) is 15.3. The minimum Gasteiger partial charge on any atom is -0.459 e. The molecule has 2 aromatic carbocycles. The number of pyridine rings is 1. The highest BCUT2D eigenvalue weighted by molar-refractivity contribution is 5.86. The van der Waals surface area contributed by atoms with Gasteiger partial charge in [0.05, 0.1) is 16.6 Å². The molecule has 0 radical (unpaired) electrons. The van der Waals surface area contributed by atoms with E-state index in [9.17, 15) is 9.59 Å². The summed E-state index contributed by atoms with van der Waals surface area (Å²) in [7, 11) is 0. The van der Waals surface area contributed by atoms with Crippen LogP contribution in [-0.4, -0.2) is 54.5 Å². The molecule has 0 fully saturated rings. The van der Waals surface area contributed by atoms with Gasteiger partial charge < -0.3 is 9.64 Å². The van der Waals surface area contributed by atoms with Gasteiger partial charge in [-0.15, -0.1) is 5.10 Å². The fourth-order valence-corrected chi connectivity index (χ4v) is 5.13. The topological polar surface area (TPSA) is 114 Å². The molecule has 0 aliphatic heterocycles. The Morgan fingerprint density at radius 2 is 1.69 bits per heavy atom. The molecular weight excluding hydrogens is 528 g/mol. The summed E-state index contributed by atoms with van der Waals surface area (Å²) in [4.78, 5) is 33.6. The molecule has 222 valence electrons. The number of hydrogen-bond acceptors (Lipinski definition) is 7. The van der Waals surface area contributed by atoms with Crippen molar-refractivity contribution in [3.63, 3.8) is 0 Å². The summed E-state index contributed by atoms with van der Waals surface area (Å²) < 4.78 is 5.84. The summed E-state index contributed by atoms with van der Waals surface area (Å²) >= 11 is 0. The average molecular weight is 571 g/mol. The Hall–Kier alpha value is -4.14. The van der Waals surface area contributed by atoms with E-state index in [1.54, 1.807) is 0 Å². The minimum absolute atomic E-state index is 0.0544. The van der Waals surface area contributed by atoms with Gasteiger partial charge in [0.15, 0.2) is 5.82 Å². The zero-order chi connectivity index (χ0) is 30.3.